The van der Waals surface area contributed by atoms with Gasteiger partial charge in [-0.3, -0.25) is 9.59 Å². The SMILES string of the molecule is CCCCCC(=O)NCC1(CC(=O)O)CCC1. The van der Waals surface area contributed by atoms with Crippen LogP contribution in [0.2, 0.25) is 0 Å². The molecule has 98 valence electrons. The average molecular weight is 241 g/mol. The zero-order valence-electron chi connectivity index (χ0n) is 10.6. The van der Waals surface area contributed by atoms with Gasteiger partial charge in [-0.15, -0.1) is 0 Å². The standard InChI is InChI=1S/C13H23NO3/c1-2-3-4-6-11(15)14-10-13(7-5-8-13)9-12(16)17/h2-10H2,1H3,(H,14,15)(H,16,17). The van der Waals surface area contributed by atoms with E-state index in [1.807, 2.05) is 0 Å². The summed E-state index contributed by atoms with van der Waals surface area (Å²) < 4.78 is 0. The second kappa shape index (κ2) is 6.62. The Morgan fingerprint density at radius 2 is 2.00 bits per heavy atom. The molecule has 4 heteroatoms. The summed E-state index contributed by atoms with van der Waals surface area (Å²) in [6.07, 6.45) is 6.79. The van der Waals surface area contributed by atoms with Crippen LogP contribution in [-0.4, -0.2) is 23.5 Å². The summed E-state index contributed by atoms with van der Waals surface area (Å²) in [5.74, 6) is -0.694. The van der Waals surface area contributed by atoms with Crippen molar-refractivity contribution in [3.63, 3.8) is 0 Å². The second-order valence-electron chi connectivity index (χ2n) is 5.16. The number of hydrogen-bond acceptors (Lipinski definition) is 2. The van der Waals surface area contributed by atoms with Crippen molar-refractivity contribution in [2.75, 3.05) is 6.54 Å². The molecule has 2 N–H and O–H groups in total. The third-order valence-electron chi connectivity index (χ3n) is 3.61. The van der Waals surface area contributed by atoms with Gasteiger partial charge in [0.15, 0.2) is 0 Å². The van der Waals surface area contributed by atoms with Gasteiger partial charge in [-0.1, -0.05) is 26.2 Å². The zero-order chi connectivity index (χ0) is 12.7. The number of rotatable bonds is 8. The van der Waals surface area contributed by atoms with Crippen LogP contribution in [0.15, 0.2) is 0 Å². The van der Waals surface area contributed by atoms with Gasteiger partial charge in [-0.2, -0.15) is 0 Å². The molecule has 1 saturated carbocycles. The van der Waals surface area contributed by atoms with Crippen LogP contribution >= 0.6 is 0 Å². The van der Waals surface area contributed by atoms with E-state index in [4.69, 9.17) is 5.11 Å². The maximum Gasteiger partial charge on any atom is 0.303 e. The van der Waals surface area contributed by atoms with E-state index in [9.17, 15) is 9.59 Å². The summed E-state index contributed by atoms with van der Waals surface area (Å²) in [5.41, 5.74) is -0.160. The fraction of sp³-hybridized carbons (Fsp3) is 0.846. The van der Waals surface area contributed by atoms with Crippen LogP contribution in [0.4, 0.5) is 0 Å². The van der Waals surface area contributed by atoms with Crippen LogP contribution in [0.1, 0.15) is 58.3 Å². The third kappa shape index (κ3) is 4.75. The minimum absolute atomic E-state index is 0.0649. The predicted molar refractivity (Wildman–Crippen MR) is 65.7 cm³/mol. The molecular weight excluding hydrogens is 218 g/mol. The highest BCUT2D eigenvalue weighted by atomic mass is 16.4. The summed E-state index contributed by atoms with van der Waals surface area (Å²) in [5, 5.41) is 11.7. The van der Waals surface area contributed by atoms with Gasteiger partial charge in [0.2, 0.25) is 5.91 Å². The Morgan fingerprint density at radius 3 is 2.47 bits per heavy atom. The Bertz CT molecular complexity index is 272. The van der Waals surface area contributed by atoms with Gasteiger partial charge < -0.3 is 10.4 Å². The number of aliphatic carboxylic acids is 1. The summed E-state index contributed by atoms with van der Waals surface area (Å²) >= 11 is 0. The molecule has 4 nitrogen and oxygen atoms in total. The van der Waals surface area contributed by atoms with E-state index in [-0.39, 0.29) is 17.7 Å². The van der Waals surface area contributed by atoms with E-state index in [0.29, 0.717) is 13.0 Å². The Labute approximate surface area is 103 Å². The van der Waals surface area contributed by atoms with E-state index in [0.717, 1.165) is 38.5 Å². The lowest BCUT2D eigenvalue weighted by atomic mass is 9.66. The van der Waals surface area contributed by atoms with Crippen LogP contribution in [0, 0.1) is 5.41 Å². The highest BCUT2D eigenvalue weighted by Gasteiger charge is 2.39. The van der Waals surface area contributed by atoms with Gasteiger partial charge in [0, 0.05) is 13.0 Å². The molecule has 0 atom stereocenters. The first-order valence-corrected chi connectivity index (χ1v) is 6.56. The number of carbonyl (C=O) groups excluding carboxylic acids is 1. The van der Waals surface area contributed by atoms with Crippen LogP contribution in [0.25, 0.3) is 0 Å². The molecule has 0 aromatic rings. The molecule has 1 amide bonds. The van der Waals surface area contributed by atoms with Crippen molar-refractivity contribution in [1.82, 2.24) is 5.32 Å². The summed E-state index contributed by atoms with van der Waals surface area (Å²) in [6.45, 7) is 2.64. The predicted octanol–water partition coefficient (Wildman–Crippen LogP) is 2.33. The monoisotopic (exact) mass is 241 g/mol. The molecule has 0 radical (unpaired) electrons. The van der Waals surface area contributed by atoms with Crippen LogP contribution < -0.4 is 5.32 Å². The van der Waals surface area contributed by atoms with Crippen molar-refractivity contribution < 1.29 is 14.7 Å². The highest BCUT2D eigenvalue weighted by Crippen LogP contribution is 2.43. The molecule has 1 aliphatic rings. The van der Waals surface area contributed by atoms with Gasteiger partial charge in [0.1, 0.15) is 0 Å². The third-order valence-corrected chi connectivity index (χ3v) is 3.61. The maximum atomic E-state index is 11.5. The van der Waals surface area contributed by atoms with Crippen molar-refractivity contribution in [3.05, 3.63) is 0 Å². The lowest BCUT2D eigenvalue weighted by molar-refractivity contribution is -0.141. The van der Waals surface area contributed by atoms with Crippen molar-refractivity contribution in [1.29, 1.82) is 0 Å². The number of carboxylic acid groups (broad SMARTS) is 1. The Hall–Kier alpha value is -1.06. The molecule has 0 aromatic carbocycles. The van der Waals surface area contributed by atoms with Gasteiger partial charge in [0.25, 0.3) is 0 Å². The fourth-order valence-electron chi connectivity index (χ4n) is 2.32. The van der Waals surface area contributed by atoms with Crippen LogP contribution in [0.5, 0.6) is 0 Å². The van der Waals surface area contributed by atoms with Crippen LogP contribution in [-0.2, 0) is 9.59 Å². The Balaban J connectivity index is 2.23. The van der Waals surface area contributed by atoms with Crippen molar-refractivity contribution >= 4 is 11.9 Å². The summed E-state index contributed by atoms with van der Waals surface area (Å²) in [7, 11) is 0. The molecule has 17 heavy (non-hydrogen) atoms. The maximum absolute atomic E-state index is 11.5. The topological polar surface area (TPSA) is 66.4 Å². The number of carbonyl (C=O) groups is 2. The summed E-state index contributed by atoms with van der Waals surface area (Å²) in [4.78, 5) is 22.3. The molecule has 0 heterocycles. The molecule has 0 spiro atoms. The zero-order valence-corrected chi connectivity index (χ0v) is 10.6. The molecule has 0 bridgehead atoms. The van der Waals surface area contributed by atoms with E-state index in [2.05, 4.69) is 12.2 Å². The highest BCUT2D eigenvalue weighted by molar-refractivity contribution is 5.76. The lowest BCUT2D eigenvalue weighted by Crippen LogP contribution is -2.43. The van der Waals surface area contributed by atoms with E-state index >= 15 is 0 Å². The quantitative estimate of drug-likeness (QED) is 0.641. The minimum atomic E-state index is -0.759. The van der Waals surface area contributed by atoms with Gasteiger partial charge in [-0.05, 0) is 24.7 Å². The summed E-state index contributed by atoms with van der Waals surface area (Å²) in [6, 6.07) is 0. The average Bonchev–Trinajstić information content (AvgIpc) is 2.22. The molecule has 0 aliphatic heterocycles. The number of carboxylic acids is 1. The number of hydrogen-bond donors (Lipinski definition) is 2. The van der Waals surface area contributed by atoms with Crippen molar-refractivity contribution in [2.45, 2.75) is 58.3 Å². The molecule has 1 aliphatic carbocycles. The Morgan fingerprint density at radius 1 is 1.29 bits per heavy atom. The van der Waals surface area contributed by atoms with Crippen molar-refractivity contribution in [3.8, 4) is 0 Å². The number of nitrogens with one attached hydrogen (secondary N) is 1. The number of amides is 1. The minimum Gasteiger partial charge on any atom is -0.481 e. The van der Waals surface area contributed by atoms with Gasteiger partial charge >= 0.3 is 5.97 Å². The largest absolute Gasteiger partial charge is 0.481 e. The first kappa shape index (κ1) is 14.0. The molecular formula is C13H23NO3. The van der Waals surface area contributed by atoms with E-state index < -0.39 is 5.97 Å². The lowest BCUT2D eigenvalue weighted by Gasteiger charge is -2.40. The van der Waals surface area contributed by atoms with Crippen molar-refractivity contribution in [2.24, 2.45) is 5.41 Å². The molecule has 0 aromatic heterocycles. The normalized spacial score (nSPS) is 17.2. The van der Waals surface area contributed by atoms with E-state index in [1.54, 1.807) is 0 Å². The van der Waals surface area contributed by atoms with E-state index in [1.165, 1.54) is 0 Å². The van der Waals surface area contributed by atoms with Gasteiger partial charge in [-0.25, -0.2) is 0 Å². The first-order chi connectivity index (χ1) is 8.08. The smallest absolute Gasteiger partial charge is 0.303 e. The molecule has 0 saturated heterocycles. The van der Waals surface area contributed by atoms with Gasteiger partial charge in [0.05, 0.1) is 6.42 Å². The molecule has 1 rings (SSSR count). The fourth-order valence-corrected chi connectivity index (χ4v) is 2.32. The van der Waals surface area contributed by atoms with Crippen LogP contribution in [0.3, 0.4) is 0 Å². The molecule has 0 unspecified atom stereocenters. The number of unbranched alkanes of at least 4 members (excludes halogenated alkanes) is 2. The second-order valence-corrected chi connectivity index (χ2v) is 5.16. The molecule has 1 fully saturated rings. The Kier molecular flexibility index (Phi) is 5.45. The first-order valence-electron chi connectivity index (χ1n) is 6.56.